The zero-order valence-electron chi connectivity index (χ0n) is 12.6. The van der Waals surface area contributed by atoms with Crippen molar-refractivity contribution in [3.63, 3.8) is 0 Å². The number of hydrogen-bond donors (Lipinski definition) is 1. The average Bonchev–Trinajstić information content (AvgIpc) is 2.44. The summed E-state index contributed by atoms with van der Waals surface area (Å²) in [4.78, 5) is 0. The molecule has 1 aliphatic rings. The molecule has 0 aromatic heterocycles. The molecule has 1 nitrogen and oxygen atoms in total. The highest BCUT2D eigenvalue weighted by molar-refractivity contribution is 6.31. The minimum Gasteiger partial charge on any atom is -0.307 e. The van der Waals surface area contributed by atoms with Gasteiger partial charge in [0, 0.05) is 17.1 Å². The van der Waals surface area contributed by atoms with Gasteiger partial charge in [-0.1, -0.05) is 59.6 Å². The summed E-state index contributed by atoms with van der Waals surface area (Å²) in [5.41, 5.74) is 4.00. The van der Waals surface area contributed by atoms with Gasteiger partial charge in [0.05, 0.1) is 0 Å². The first-order chi connectivity index (χ1) is 10.1. The minimum atomic E-state index is 0.308. The molecule has 21 heavy (non-hydrogen) atoms. The third kappa shape index (κ3) is 3.30. The first-order valence-corrected chi connectivity index (χ1v) is 8.08. The first kappa shape index (κ1) is 14.6. The van der Waals surface area contributed by atoms with Crippen molar-refractivity contribution in [1.82, 2.24) is 5.32 Å². The fourth-order valence-corrected chi connectivity index (χ4v) is 3.43. The third-order valence-electron chi connectivity index (χ3n) is 4.54. The van der Waals surface area contributed by atoms with E-state index in [1.165, 1.54) is 29.5 Å². The van der Waals surface area contributed by atoms with Gasteiger partial charge in [-0.3, -0.25) is 0 Å². The Balaban J connectivity index is 1.55. The Bertz CT molecular complexity index is 599. The molecule has 0 bridgehead atoms. The topological polar surface area (TPSA) is 12.0 Å². The normalized spacial score (nSPS) is 22.6. The molecule has 1 fully saturated rings. The molecular weight excluding hydrogens is 278 g/mol. The number of halogens is 1. The van der Waals surface area contributed by atoms with Gasteiger partial charge in [0.15, 0.2) is 0 Å². The predicted octanol–water partition coefficient (Wildman–Crippen LogP) is 5.25. The highest BCUT2D eigenvalue weighted by atomic mass is 35.5. The fraction of sp³-hybridized carbons (Fsp3) is 0.368. The lowest BCUT2D eigenvalue weighted by molar-refractivity contribution is 0.271. The highest BCUT2D eigenvalue weighted by Gasteiger charge is 2.31. The van der Waals surface area contributed by atoms with E-state index in [4.69, 9.17) is 11.6 Å². The summed E-state index contributed by atoms with van der Waals surface area (Å²) >= 11 is 6.26. The first-order valence-electron chi connectivity index (χ1n) is 7.70. The molecular formula is C19H22ClN. The van der Waals surface area contributed by atoms with Gasteiger partial charge in [-0.05, 0) is 49.8 Å². The van der Waals surface area contributed by atoms with Crippen molar-refractivity contribution in [2.24, 2.45) is 0 Å². The summed E-state index contributed by atoms with van der Waals surface area (Å²) in [6.07, 6.45) is 2.44. The number of benzene rings is 2. The van der Waals surface area contributed by atoms with Crippen molar-refractivity contribution in [2.75, 3.05) is 0 Å². The summed E-state index contributed by atoms with van der Waals surface area (Å²) < 4.78 is 0. The van der Waals surface area contributed by atoms with Gasteiger partial charge in [-0.15, -0.1) is 0 Å². The molecule has 2 aromatic rings. The molecule has 2 aromatic carbocycles. The monoisotopic (exact) mass is 299 g/mol. The van der Waals surface area contributed by atoms with Crippen molar-refractivity contribution >= 4 is 11.6 Å². The Morgan fingerprint density at radius 1 is 1.05 bits per heavy atom. The molecule has 1 N–H and O–H groups in total. The molecule has 1 atom stereocenters. The van der Waals surface area contributed by atoms with E-state index in [1.807, 2.05) is 12.1 Å². The zero-order chi connectivity index (χ0) is 14.8. The Morgan fingerprint density at radius 2 is 1.71 bits per heavy atom. The van der Waals surface area contributed by atoms with Gasteiger partial charge in [0.25, 0.3) is 0 Å². The molecule has 0 unspecified atom stereocenters. The van der Waals surface area contributed by atoms with Crippen LogP contribution in [-0.2, 0) is 0 Å². The van der Waals surface area contributed by atoms with Crippen LogP contribution in [0, 0.1) is 6.92 Å². The van der Waals surface area contributed by atoms with E-state index in [9.17, 15) is 0 Å². The largest absolute Gasteiger partial charge is 0.307 e. The second kappa shape index (κ2) is 6.21. The predicted molar refractivity (Wildman–Crippen MR) is 89.9 cm³/mol. The summed E-state index contributed by atoms with van der Waals surface area (Å²) in [6, 6.07) is 18.0. The molecule has 1 saturated carbocycles. The van der Waals surface area contributed by atoms with Crippen LogP contribution in [0.5, 0.6) is 0 Å². The molecule has 1 aliphatic carbocycles. The summed E-state index contributed by atoms with van der Waals surface area (Å²) in [5, 5.41) is 4.55. The lowest BCUT2D eigenvalue weighted by Crippen LogP contribution is -2.41. The van der Waals surface area contributed by atoms with Gasteiger partial charge in [0.1, 0.15) is 0 Å². The lowest BCUT2D eigenvalue weighted by atomic mass is 9.75. The van der Waals surface area contributed by atoms with Crippen molar-refractivity contribution < 1.29 is 0 Å². The van der Waals surface area contributed by atoms with Crippen LogP contribution >= 0.6 is 11.6 Å². The van der Waals surface area contributed by atoms with Crippen molar-refractivity contribution in [3.8, 4) is 0 Å². The van der Waals surface area contributed by atoms with E-state index in [2.05, 4.69) is 55.6 Å². The van der Waals surface area contributed by atoms with Gasteiger partial charge in [-0.25, -0.2) is 0 Å². The van der Waals surface area contributed by atoms with E-state index in [1.54, 1.807) is 0 Å². The van der Waals surface area contributed by atoms with E-state index in [0.29, 0.717) is 18.0 Å². The Labute approximate surface area is 132 Å². The molecule has 0 spiro atoms. The molecule has 0 aliphatic heterocycles. The Hall–Kier alpha value is -1.31. The van der Waals surface area contributed by atoms with Crippen molar-refractivity contribution in [3.05, 3.63) is 70.2 Å². The molecule has 3 rings (SSSR count). The summed E-state index contributed by atoms with van der Waals surface area (Å²) in [6.45, 7) is 4.33. The quantitative estimate of drug-likeness (QED) is 0.813. The van der Waals surface area contributed by atoms with Crippen LogP contribution in [0.4, 0.5) is 0 Å². The van der Waals surface area contributed by atoms with E-state index >= 15 is 0 Å². The minimum absolute atomic E-state index is 0.308. The maximum absolute atomic E-state index is 6.26. The van der Waals surface area contributed by atoms with Crippen LogP contribution in [-0.4, -0.2) is 6.04 Å². The van der Waals surface area contributed by atoms with Gasteiger partial charge in [0.2, 0.25) is 0 Å². The van der Waals surface area contributed by atoms with Gasteiger partial charge in [-0.2, -0.15) is 0 Å². The molecule has 110 valence electrons. The van der Waals surface area contributed by atoms with Crippen LogP contribution < -0.4 is 5.32 Å². The number of rotatable bonds is 4. The molecule has 0 radical (unpaired) electrons. The van der Waals surface area contributed by atoms with Crippen molar-refractivity contribution in [1.29, 1.82) is 0 Å². The summed E-state index contributed by atoms with van der Waals surface area (Å²) in [5.74, 6) is 0.710. The highest BCUT2D eigenvalue weighted by Crippen LogP contribution is 2.38. The lowest BCUT2D eigenvalue weighted by Gasteiger charge is -2.38. The Kier molecular flexibility index (Phi) is 4.32. The molecule has 0 heterocycles. The van der Waals surface area contributed by atoms with E-state index in [-0.39, 0.29) is 0 Å². The maximum atomic E-state index is 6.26. The fourth-order valence-electron chi connectivity index (χ4n) is 3.13. The van der Waals surface area contributed by atoms with E-state index in [0.717, 1.165) is 5.02 Å². The number of hydrogen-bond acceptors (Lipinski definition) is 1. The standard InChI is InChI=1S/C19H22ClN/c1-13-7-9-15(10-8-13)16-11-17(12-16)21-14(2)18-5-3-4-6-19(18)20/h3-10,14,16-17,21H,11-12H2,1-2H3/t14-,16?,17?/m0/s1. The molecule has 2 heteroatoms. The van der Waals surface area contributed by atoms with Gasteiger partial charge >= 0.3 is 0 Å². The summed E-state index contributed by atoms with van der Waals surface area (Å²) in [7, 11) is 0. The zero-order valence-corrected chi connectivity index (χ0v) is 13.4. The second-order valence-electron chi connectivity index (χ2n) is 6.19. The van der Waals surface area contributed by atoms with Crippen LogP contribution in [0.15, 0.2) is 48.5 Å². The van der Waals surface area contributed by atoms with Crippen LogP contribution in [0.3, 0.4) is 0 Å². The number of aryl methyl sites for hydroxylation is 1. The molecule has 0 saturated heterocycles. The number of nitrogens with one attached hydrogen (secondary N) is 1. The smallest absolute Gasteiger partial charge is 0.0453 e. The van der Waals surface area contributed by atoms with Crippen LogP contribution in [0.2, 0.25) is 5.02 Å². The van der Waals surface area contributed by atoms with Crippen LogP contribution in [0.1, 0.15) is 48.4 Å². The van der Waals surface area contributed by atoms with Gasteiger partial charge < -0.3 is 5.32 Å². The molecule has 0 amide bonds. The van der Waals surface area contributed by atoms with E-state index < -0.39 is 0 Å². The van der Waals surface area contributed by atoms with Crippen LogP contribution in [0.25, 0.3) is 0 Å². The third-order valence-corrected chi connectivity index (χ3v) is 4.89. The SMILES string of the molecule is Cc1ccc(C2CC(N[C@@H](C)c3ccccc3Cl)C2)cc1. The average molecular weight is 300 g/mol. The van der Waals surface area contributed by atoms with Crippen molar-refractivity contribution in [2.45, 2.75) is 44.7 Å². The second-order valence-corrected chi connectivity index (χ2v) is 6.59. The Morgan fingerprint density at radius 3 is 2.38 bits per heavy atom. The maximum Gasteiger partial charge on any atom is 0.0453 e.